The van der Waals surface area contributed by atoms with Crippen LogP contribution in [0, 0.1) is 12.8 Å². The number of nitrogens with zero attached hydrogens (tertiary/aromatic N) is 2. The highest BCUT2D eigenvalue weighted by Crippen LogP contribution is 2.21. The van der Waals surface area contributed by atoms with Crippen molar-refractivity contribution < 1.29 is 0 Å². The minimum absolute atomic E-state index is 0.0749. The number of H-pyrrole nitrogens is 1. The minimum atomic E-state index is -0.0749. The normalized spacial score (nSPS) is 16.9. The van der Waals surface area contributed by atoms with E-state index >= 15 is 0 Å². The molecule has 1 aliphatic heterocycles. The topological polar surface area (TPSA) is 49.0 Å². The van der Waals surface area contributed by atoms with Crippen LogP contribution in [0.3, 0.4) is 0 Å². The van der Waals surface area contributed by atoms with Gasteiger partial charge in [-0.2, -0.15) is 0 Å². The molecule has 1 aromatic carbocycles. The van der Waals surface area contributed by atoms with Gasteiger partial charge in [-0.1, -0.05) is 36.4 Å². The Hall–Kier alpha value is -2.20. The zero-order valence-electron chi connectivity index (χ0n) is 13.5. The van der Waals surface area contributed by atoms with E-state index in [1.165, 1.54) is 11.1 Å². The van der Waals surface area contributed by atoms with Crippen LogP contribution in [0.2, 0.25) is 0 Å². The van der Waals surface area contributed by atoms with Crippen molar-refractivity contribution in [3.05, 3.63) is 69.9 Å². The molecule has 0 atom stereocenters. The Kier molecular flexibility index (Phi) is 5.03. The summed E-state index contributed by atoms with van der Waals surface area (Å²) in [6.07, 6.45) is 10.1. The maximum absolute atomic E-state index is 11.7. The van der Waals surface area contributed by atoms with Crippen molar-refractivity contribution in [3.8, 4) is 0 Å². The predicted molar refractivity (Wildman–Crippen MR) is 93.1 cm³/mol. The number of allylic oxidation sites excluding steroid dienone is 1. The van der Waals surface area contributed by atoms with Gasteiger partial charge in [-0.05, 0) is 49.9 Å². The Balaban J connectivity index is 1.54. The Labute approximate surface area is 136 Å². The second-order valence-electron chi connectivity index (χ2n) is 6.19. The molecule has 1 fully saturated rings. The van der Waals surface area contributed by atoms with Crippen molar-refractivity contribution in [1.82, 2.24) is 14.9 Å². The Morgan fingerprint density at radius 3 is 2.83 bits per heavy atom. The van der Waals surface area contributed by atoms with Crippen LogP contribution in [0.1, 0.15) is 29.7 Å². The molecule has 23 heavy (non-hydrogen) atoms. The zero-order valence-corrected chi connectivity index (χ0v) is 13.5. The molecule has 4 heteroatoms. The molecule has 1 aliphatic rings. The summed E-state index contributed by atoms with van der Waals surface area (Å²) >= 11 is 0. The zero-order chi connectivity index (χ0) is 16.1. The number of aromatic amines is 1. The van der Waals surface area contributed by atoms with Crippen LogP contribution in [-0.4, -0.2) is 28.0 Å². The molecule has 1 N–H and O–H groups in total. The third-order valence-electron chi connectivity index (χ3n) is 4.52. The largest absolute Gasteiger partial charge is 0.326 e. The summed E-state index contributed by atoms with van der Waals surface area (Å²) in [4.78, 5) is 20.9. The smallest absolute Gasteiger partial charge is 0.270 e. The number of hydrogen-bond donors (Lipinski definition) is 1. The first-order valence-corrected chi connectivity index (χ1v) is 8.21. The molecular weight excluding hydrogens is 286 g/mol. The number of piperidine rings is 1. The molecule has 0 saturated carbocycles. The average molecular weight is 309 g/mol. The van der Waals surface area contributed by atoms with Crippen LogP contribution in [0.5, 0.6) is 0 Å². The van der Waals surface area contributed by atoms with Gasteiger partial charge in [0.15, 0.2) is 0 Å². The number of aryl methyl sites for hydroxylation is 1. The number of rotatable bonds is 4. The number of benzene rings is 1. The second-order valence-corrected chi connectivity index (χ2v) is 6.19. The monoisotopic (exact) mass is 309 g/mol. The van der Waals surface area contributed by atoms with Crippen LogP contribution in [0.4, 0.5) is 0 Å². The third kappa shape index (κ3) is 4.17. The van der Waals surface area contributed by atoms with E-state index in [4.69, 9.17) is 0 Å². The van der Waals surface area contributed by atoms with Crippen molar-refractivity contribution in [3.63, 3.8) is 0 Å². The van der Waals surface area contributed by atoms with Crippen molar-refractivity contribution >= 4 is 6.08 Å². The lowest BCUT2D eigenvalue weighted by Gasteiger charge is -2.30. The number of likely N-dealkylation sites (tertiary alicyclic amines) is 1. The van der Waals surface area contributed by atoms with Crippen LogP contribution >= 0.6 is 0 Å². The van der Waals surface area contributed by atoms with E-state index in [0.717, 1.165) is 25.9 Å². The quantitative estimate of drug-likeness (QED) is 0.944. The molecule has 0 radical (unpaired) electrons. The van der Waals surface area contributed by atoms with Gasteiger partial charge in [0.1, 0.15) is 5.69 Å². The fraction of sp³-hybridized carbons (Fsp3) is 0.368. The van der Waals surface area contributed by atoms with Crippen molar-refractivity contribution in [2.24, 2.45) is 5.92 Å². The molecule has 0 aliphatic carbocycles. The van der Waals surface area contributed by atoms with Gasteiger partial charge in [-0.15, -0.1) is 0 Å². The van der Waals surface area contributed by atoms with Crippen LogP contribution in [0.15, 0.2) is 47.5 Å². The molecule has 0 amide bonds. The van der Waals surface area contributed by atoms with Gasteiger partial charge in [-0.25, -0.2) is 0 Å². The highest BCUT2D eigenvalue weighted by Gasteiger charge is 2.18. The van der Waals surface area contributed by atoms with E-state index in [9.17, 15) is 4.79 Å². The molecule has 1 saturated heterocycles. The summed E-state index contributed by atoms with van der Waals surface area (Å²) < 4.78 is 0. The third-order valence-corrected chi connectivity index (χ3v) is 4.52. The second kappa shape index (κ2) is 7.38. The summed E-state index contributed by atoms with van der Waals surface area (Å²) in [5.74, 6) is 0.618. The van der Waals surface area contributed by atoms with E-state index in [1.807, 2.05) is 0 Å². The summed E-state index contributed by atoms with van der Waals surface area (Å²) in [6.45, 7) is 4.81. The van der Waals surface area contributed by atoms with Gasteiger partial charge >= 0.3 is 0 Å². The molecular formula is C19H23N3O. The van der Waals surface area contributed by atoms with E-state index in [0.29, 0.717) is 18.2 Å². The van der Waals surface area contributed by atoms with Crippen LogP contribution < -0.4 is 5.56 Å². The summed E-state index contributed by atoms with van der Waals surface area (Å²) in [5.41, 5.74) is 3.15. The first kappa shape index (κ1) is 15.7. The average Bonchev–Trinajstić information content (AvgIpc) is 2.57. The fourth-order valence-electron chi connectivity index (χ4n) is 3.02. The molecule has 120 valence electrons. The van der Waals surface area contributed by atoms with Gasteiger partial charge < -0.3 is 4.98 Å². The molecule has 2 heterocycles. The number of aromatic nitrogens is 2. The SMILES string of the molecule is Cc1ccccc1/C=C/C1CCN(Cc2ncc[nH]c2=O)CC1. The highest BCUT2D eigenvalue weighted by atomic mass is 16.1. The van der Waals surface area contributed by atoms with Crippen LogP contribution in [-0.2, 0) is 6.54 Å². The summed E-state index contributed by atoms with van der Waals surface area (Å²) in [7, 11) is 0. The van der Waals surface area contributed by atoms with Gasteiger partial charge in [0, 0.05) is 18.9 Å². The van der Waals surface area contributed by atoms with E-state index in [-0.39, 0.29) is 5.56 Å². The molecule has 3 rings (SSSR count). The number of hydrogen-bond acceptors (Lipinski definition) is 3. The standard InChI is InChI=1S/C19H23N3O/c1-15-4-2-3-5-17(15)7-6-16-8-12-22(13-9-16)14-18-19(23)21-11-10-20-18/h2-7,10-11,16H,8-9,12-14H2,1H3,(H,21,23)/b7-6+. The maximum atomic E-state index is 11.7. The van der Waals surface area contributed by atoms with Crippen molar-refractivity contribution in [2.75, 3.05) is 13.1 Å². The molecule has 1 aromatic heterocycles. The molecule has 0 bridgehead atoms. The van der Waals surface area contributed by atoms with E-state index in [2.05, 4.69) is 58.2 Å². The van der Waals surface area contributed by atoms with Gasteiger partial charge in [0.05, 0.1) is 0 Å². The maximum Gasteiger partial charge on any atom is 0.270 e. The number of nitrogens with one attached hydrogen (secondary N) is 1. The molecule has 2 aromatic rings. The van der Waals surface area contributed by atoms with Crippen LogP contribution in [0.25, 0.3) is 6.08 Å². The first-order valence-electron chi connectivity index (χ1n) is 8.21. The summed E-state index contributed by atoms with van der Waals surface area (Å²) in [6, 6.07) is 8.46. The lowest BCUT2D eigenvalue weighted by molar-refractivity contribution is 0.193. The fourth-order valence-corrected chi connectivity index (χ4v) is 3.02. The van der Waals surface area contributed by atoms with E-state index < -0.39 is 0 Å². The molecule has 4 nitrogen and oxygen atoms in total. The van der Waals surface area contributed by atoms with Gasteiger partial charge in [-0.3, -0.25) is 14.7 Å². The highest BCUT2D eigenvalue weighted by molar-refractivity contribution is 5.53. The first-order chi connectivity index (χ1) is 11.2. The molecule has 0 unspecified atom stereocenters. The predicted octanol–water partition coefficient (Wildman–Crippen LogP) is 3.00. The Morgan fingerprint density at radius 2 is 2.09 bits per heavy atom. The van der Waals surface area contributed by atoms with Gasteiger partial charge in [0.2, 0.25) is 0 Å². The minimum Gasteiger partial charge on any atom is -0.326 e. The molecule has 0 spiro atoms. The lowest BCUT2D eigenvalue weighted by Crippen LogP contribution is -2.34. The summed E-state index contributed by atoms with van der Waals surface area (Å²) in [5, 5.41) is 0. The van der Waals surface area contributed by atoms with Crippen molar-refractivity contribution in [2.45, 2.75) is 26.3 Å². The lowest BCUT2D eigenvalue weighted by atomic mass is 9.95. The Bertz CT molecular complexity index is 727. The van der Waals surface area contributed by atoms with Gasteiger partial charge in [0.25, 0.3) is 5.56 Å². The Morgan fingerprint density at radius 1 is 1.30 bits per heavy atom. The van der Waals surface area contributed by atoms with Crippen molar-refractivity contribution in [1.29, 1.82) is 0 Å². The van der Waals surface area contributed by atoms with E-state index in [1.54, 1.807) is 12.4 Å².